The van der Waals surface area contributed by atoms with Crippen molar-refractivity contribution < 1.29 is 22.7 Å². The van der Waals surface area contributed by atoms with E-state index in [2.05, 4.69) is 5.32 Å². The van der Waals surface area contributed by atoms with Gasteiger partial charge in [-0.25, -0.2) is 8.42 Å². The van der Waals surface area contributed by atoms with Crippen LogP contribution in [0.3, 0.4) is 0 Å². The highest BCUT2D eigenvalue weighted by Gasteiger charge is 2.34. The minimum atomic E-state index is -4.19. The number of aryl methyl sites for hydroxylation is 2. The number of nitrogens with one attached hydrogen (secondary N) is 1. The molecule has 0 bridgehead atoms. The number of carbonyl (C=O) groups excluding carboxylic acids is 2. The first kappa shape index (κ1) is 32.0. The number of amides is 2. The summed E-state index contributed by atoms with van der Waals surface area (Å²) in [6, 6.07) is 17.6. The molecule has 0 saturated heterocycles. The molecule has 3 aromatic carbocycles. The summed E-state index contributed by atoms with van der Waals surface area (Å²) >= 11 is 6.29. The van der Waals surface area contributed by atoms with Gasteiger partial charge in [-0.1, -0.05) is 54.4 Å². The molecule has 0 fully saturated rings. The van der Waals surface area contributed by atoms with Crippen molar-refractivity contribution in [1.29, 1.82) is 0 Å². The average Bonchev–Trinajstić information content (AvgIpc) is 2.92. The van der Waals surface area contributed by atoms with E-state index in [9.17, 15) is 18.0 Å². The summed E-state index contributed by atoms with van der Waals surface area (Å²) in [6.07, 6.45) is 0.329. The Hall–Kier alpha value is -3.56. The molecule has 0 aliphatic heterocycles. The molecule has 0 unspecified atom stereocenters. The van der Waals surface area contributed by atoms with Gasteiger partial charge in [0.05, 0.1) is 17.7 Å². The molecular formula is C31H38ClN3O5S. The summed E-state index contributed by atoms with van der Waals surface area (Å²) in [5.74, 6) is -0.244. The van der Waals surface area contributed by atoms with Crippen LogP contribution in [0.5, 0.6) is 5.75 Å². The number of hydrogen-bond acceptors (Lipinski definition) is 5. The van der Waals surface area contributed by atoms with Crippen LogP contribution in [-0.4, -0.2) is 50.9 Å². The Morgan fingerprint density at radius 2 is 1.68 bits per heavy atom. The van der Waals surface area contributed by atoms with Crippen LogP contribution in [0.1, 0.15) is 43.9 Å². The fraction of sp³-hybridized carbons (Fsp3) is 0.355. The van der Waals surface area contributed by atoms with Crippen LogP contribution >= 0.6 is 11.6 Å². The first-order valence-corrected chi connectivity index (χ1v) is 15.3. The van der Waals surface area contributed by atoms with E-state index in [-0.39, 0.29) is 29.1 Å². The first-order valence-electron chi connectivity index (χ1n) is 13.5. The van der Waals surface area contributed by atoms with Crippen molar-refractivity contribution in [3.05, 3.63) is 88.4 Å². The third-order valence-corrected chi connectivity index (χ3v) is 8.64. The second-order valence-electron chi connectivity index (χ2n) is 10.2. The van der Waals surface area contributed by atoms with Gasteiger partial charge in [0.2, 0.25) is 11.8 Å². The Kier molecular flexibility index (Phi) is 10.8. The third-order valence-electron chi connectivity index (χ3n) is 6.63. The van der Waals surface area contributed by atoms with Gasteiger partial charge in [0.15, 0.2) is 0 Å². The molecule has 0 saturated carbocycles. The van der Waals surface area contributed by atoms with Crippen molar-refractivity contribution >= 4 is 39.1 Å². The molecule has 3 rings (SSSR count). The summed E-state index contributed by atoms with van der Waals surface area (Å²) in [6.45, 7) is 8.67. The van der Waals surface area contributed by atoms with Crippen molar-refractivity contribution in [1.82, 2.24) is 10.2 Å². The number of benzene rings is 3. The summed E-state index contributed by atoms with van der Waals surface area (Å²) in [4.78, 5) is 28.9. The van der Waals surface area contributed by atoms with Crippen molar-refractivity contribution in [3.8, 4) is 5.75 Å². The topological polar surface area (TPSA) is 96.0 Å². The monoisotopic (exact) mass is 599 g/mol. The zero-order valence-corrected chi connectivity index (χ0v) is 25.9. The lowest BCUT2D eigenvalue weighted by atomic mass is 10.1. The first-order chi connectivity index (χ1) is 19.4. The molecule has 0 aliphatic carbocycles. The highest BCUT2D eigenvalue weighted by molar-refractivity contribution is 7.92. The molecule has 1 N–H and O–H groups in total. The summed E-state index contributed by atoms with van der Waals surface area (Å²) in [5, 5.41) is 3.23. The van der Waals surface area contributed by atoms with E-state index in [0.29, 0.717) is 22.8 Å². The predicted molar refractivity (Wildman–Crippen MR) is 163 cm³/mol. The number of rotatable bonds is 12. The maximum Gasteiger partial charge on any atom is 0.264 e. The smallest absolute Gasteiger partial charge is 0.264 e. The lowest BCUT2D eigenvalue weighted by Crippen LogP contribution is -2.53. The summed E-state index contributed by atoms with van der Waals surface area (Å²) in [5.41, 5.74) is 2.55. The molecular weight excluding hydrogens is 562 g/mol. The molecule has 2 amide bonds. The SMILES string of the molecule is CC[C@@H](C(=O)NC(C)C)N(Cc1cccc(OC)c1)C(=O)CN(c1cc(Cl)ccc1C)S(=O)(=O)c1ccc(C)cc1. The molecule has 0 aromatic heterocycles. The van der Waals surface area contributed by atoms with Gasteiger partial charge in [0.1, 0.15) is 18.3 Å². The number of anilines is 1. The molecule has 0 aliphatic rings. The van der Waals surface area contributed by atoms with E-state index in [1.807, 2.05) is 33.8 Å². The van der Waals surface area contributed by atoms with Gasteiger partial charge in [-0.3, -0.25) is 13.9 Å². The lowest BCUT2D eigenvalue weighted by molar-refractivity contribution is -0.140. The van der Waals surface area contributed by atoms with Gasteiger partial charge in [-0.2, -0.15) is 0 Å². The Morgan fingerprint density at radius 3 is 2.29 bits per heavy atom. The molecule has 3 aromatic rings. The third kappa shape index (κ3) is 8.01. The zero-order chi connectivity index (χ0) is 30.3. The second kappa shape index (κ2) is 13.9. The quantitative estimate of drug-likeness (QED) is 0.297. The highest BCUT2D eigenvalue weighted by Crippen LogP contribution is 2.30. The van der Waals surface area contributed by atoms with Gasteiger partial charge in [-0.15, -0.1) is 0 Å². The minimum Gasteiger partial charge on any atom is -0.497 e. The van der Waals surface area contributed by atoms with Crippen molar-refractivity contribution in [2.45, 2.75) is 64.6 Å². The Balaban J connectivity index is 2.11. The van der Waals surface area contributed by atoms with E-state index >= 15 is 0 Å². The fourth-order valence-electron chi connectivity index (χ4n) is 4.47. The fourth-order valence-corrected chi connectivity index (χ4v) is 6.11. The molecule has 1 atom stereocenters. The van der Waals surface area contributed by atoms with Crippen molar-refractivity contribution in [2.24, 2.45) is 0 Å². The number of hydrogen-bond donors (Lipinski definition) is 1. The molecule has 10 heteroatoms. The van der Waals surface area contributed by atoms with Crippen LogP contribution in [0.2, 0.25) is 5.02 Å². The number of methoxy groups -OCH3 is 1. The largest absolute Gasteiger partial charge is 0.497 e. The van der Waals surface area contributed by atoms with E-state index in [1.165, 1.54) is 23.1 Å². The predicted octanol–water partition coefficient (Wildman–Crippen LogP) is 5.49. The molecule has 220 valence electrons. The van der Waals surface area contributed by atoms with Crippen LogP contribution in [0.4, 0.5) is 5.69 Å². The summed E-state index contributed by atoms with van der Waals surface area (Å²) < 4.78 is 34.5. The number of sulfonamides is 1. The molecule has 8 nitrogen and oxygen atoms in total. The molecule has 41 heavy (non-hydrogen) atoms. The number of nitrogens with zero attached hydrogens (tertiary/aromatic N) is 2. The van der Waals surface area contributed by atoms with E-state index in [4.69, 9.17) is 16.3 Å². The van der Waals surface area contributed by atoms with Crippen molar-refractivity contribution in [3.63, 3.8) is 0 Å². The lowest BCUT2D eigenvalue weighted by Gasteiger charge is -2.34. The van der Waals surface area contributed by atoms with Crippen LogP contribution in [0.25, 0.3) is 0 Å². The van der Waals surface area contributed by atoms with Gasteiger partial charge in [0, 0.05) is 17.6 Å². The van der Waals surface area contributed by atoms with Crippen molar-refractivity contribution in [2.75, 3.05) is 18.0 Å². The average molecular weight is 600 g/mol. The van der Waals surface area contributed by atoms with E-state index in [0.717, 1.165) is 15.4 Å². The molecule has 0 spiro atoms. The number of ether oxygens (including phenoxy) is 1. The van der Waals surface area contributed by atoms with Gasteiger partial charge >= 0.3 is 0 Å². The van der Waals surface area contributed by atoms with E-state index in [1.54, 1.807) is 56.5 Å². The number of halogens is 1. The van der Waals surface area contributed by atoms with E-state index < -0.39 is 28.5 Å². The van der Waals surface area contributed by atoms with Crippen LogP contribution in [0.15, 0.2) is 71.6 Å². The maximum absolute atomic E-state index is 14.2. The van der Waals surface area contributed by atoms with Gasteiger partial charge in [0.25, 0.3) is 10.0 Å². The standard InChI is InChI=1S/C31H38ClN3O5S/c1-7-28(31(37)33-21(2)3)34(19-24-9-8-10-26(17-24)40-6)30(36)20-35(29-18-25(32)14-13-23(29)5)41(38,39)27-15-11-22(4)12-16-27/h8-18,21,28H,7,19-20H2,1-6H3,(H,33,37)/t28-/m0/s1. The summed E-state index contributed by atoms with van der Waals surface area (Å²) in [7, 11) is -2.64. The van der Waals surface area contributed by atoms with Crippen LogP contribution < -0.4 is 14.4 Å². The van der Waals surface area contributed by atoms with Crippen LogP contribution in [0, 0.1) is 13.8 Å². The highest BCUT2D eigenvalue weighted by atomic mass is 35.5. The zero-order valence-electron chi connectivity index (χ0n) is 24.3. The number of carbonyl (C=O) groups is 2. The minimum absolute atomic E-state index is 0.0409. The second-order valence-corrected chi connectivity index (χ2v) is 12.5. The van der Waals surface area contributed by atoms with Gasteiger partial charge in [-0.05, 0) is 81.6 Å². The van der Waals surface area contributed by atoms with Crippen LogP contribution in [-0.2, 0) is 26.2 Å². The normalized spacial score (nSPS) is 12.1. The molecule has 0 radical (unpaired) electrons. The Bertz CT molecular complexity index is 1480. The maximum atomic E-state index is 14.2. The van der Waals surface area contributed by atoms with Gasteiger partial charge < -0.3 is 15.0 Å². The molecule has 0 heterocycles. The Labute approximate surface area is 248 Å². The Morgan fingerprint density at radius 1 is 1.00 bits per heavy atom.